The van der Waals surface area contributed by atoms with Gasteiger partial charge in [-0.1, -0.05) is 17.8 Å². The number of morpholine rings is 1. The maximum absolute atomic E-state index is 11.0. The summed E-state index contributed by atoms with van der Waals surface area (Å²) in [5, 5.41) is 15.3. The second-order valence-electron chi connectivity index (χ2n) is 11.1. The lowest BCUT2D eigenvalue weighted by molar-refractivity contribution is -0.384. The van der Waals surface area contributed by atoms with Crippen LogP contribution < -0.4 is 10.2 Å². The highest BCUT2D eigenvalue weighted by atomic mass is 32.2. The molecule has 0 amide bonds. The number of hydrogen-bond acceptors (Lipinski definition) is 7. The first kappa shape index (κ1) is 30.3. The van der Waals surface area contributed by atoms with Crippen molar-refractivity contribution in [1.29, 1.82) is 0 Å². The van der Waals surface area contributed by atoms with Crippen LogP contribution >= 0.6 is 24.0 Å². The standard InChI is InChI=1S/C33H36N6O3S2/c1-23-22-29(24(2)37(23)17-5-16-36-18-20-42-21-19-36)32-31(30-6-3-4-15-34-30)35-33(43)38(32)25-7-11-27(12-8-25)44-28-13-9-26(10-14-28)39(40)41/h3-4,6-15,22,31-32H,5,16-21H2,1-2H3,(H,35,43)/t31-,32+/m1/s1. The third-order valence-corrected chi connectivity index (χ3v) is 9.72. The molecule has 4 aromatic rings. The lowest BCUT2D eigenvalue weighted by Crippen LogP contribution is -2.37. The van der Waals surface area contributed by atoms with Crippen molar-refractivity contribution in [2.45, 2.75) is 48.7 Å². The van der Waals surface area contributed by atoms with Crippen molar-refractivity contribution in [2.75, 3.05) is 37.7 Å². The first-order valence-electron chi connectivity index (χ1n) is 14.9. The molecule has 44 heavy (non-hydrogen) atoms. The number of nitrogens with one attached hydrogen (secondary N) is 1. The summed E-state index contributed by atoms with van der Waals surface area (Å²) in [7, 11) is 0. The molecule has 0 bridgehead atoms. The minimum absolute atomic E-state index is 0.0789. The summed E-state index contributed by atoms with van der Waals surface area (Å²) < 4.78 is 7.95. The summed E-state index contributed by atoms with van der Waals surface area (Å²) in [5.41, 5.74) is 5.76. The van der Waals surface area contributed by atoms with Gasteiger partial charge in [-0.05, 0) is 92.6 Å². The summed E-state index contributed by atoms with van der Waals surface area (Å²) in [6, 6.07) is 23.1. The molecule has 0 unspecified atom stereocenters. The van der Waals surface area contributed by atoms with Gasteiger partial charge in [-0.15, -0.1) is 0 Å². The van der Waals surface area contributed by atoms with Crippen LogP contribution in [-0.2, 0) is 11.3 Å². The number of ether oxygens (including phenoxy) is 1. The molecular weight excluding hydrogens is 593 g/mol. The maximum Gasteiger partial charge on any atom is 0.269 e. The highest BCUT2D eigenvalue weighted by Gasteiger charge is 2.42. The maximum atomic E-state index is 11.0. The number of thiocarbonyl (C=S) groups is 1. The van der Waals surface area contributed by atoms with Crippen molar-refractivity contribution in [3.63, 3.8) is 0 Å². The number of nitro benzene ring substituents is 1. The highest BCUT2D eigenvalue weighted by molar-refractivity contribution is 7.99. The molecule has 228 valence electrons. The molecule has 0 saturated carbocycles. The number of anilines is 1. The van der Waals surface area contributed by atoms with Gasteiger partial charge >= 0.3 is 0 Å². The monoisotopic (exact) mass is 628 g/mol. The summed E-state index contributed by atoms with van der Waals surface area (Å²) in [5.74, 6) is 0. The van der Waals surface area contributed by atoms with Crippen molar-refractivity contribution in [1.82, 2.24) is 19.8 Å². The van der Waals surface area contributed by atoms with E-state index in [4.69, 9.17) is 21.9 Å². The van der Waals surface area contributed by atoms with E-state index in [1.54, 1.807) is 23.9 Å². The Morgan fingerprint density at radius 2 is 1.73 bits per heavy atom. The summed E-state index contributed by atoms with van der Waals surface area (Å²) in [4.78, 5) is 22.0. The van der Waals surface area contributed by atoms with Gasteiger partial charge < -0.3 is 19.5 Å². The zero-order chi connectivity index (χ0) is 30.6. The molecule has 11 heteroatoms. The van der Waals surface area contributed by atoms with E-state index in [0.29, 0.717) is 5.11 Å². The summed E-state index contributed by atoms with van der Waals surface area (Å²) in [6.07, 6.45) is 2.91. The highest BCUT2D eigenvalue weighted by Crippen LogP contribution is 2.44. The molecule has 1 N–H and O–H groups in total. The van der Waals surface area contributed by atoms with Crippen LogP contribution in [-0.4, -0.2) is 57.3 Å². The zero-order valence-electron chi connectivity index (χ0n) is 24.9. The number of non-ortho nitro benzene ring substituents is 1. The van der Waals surface area contributed by atoms with Crippen molar-refractivity contribution >= 4 is 40.5 Å². The fraction of sp³-hybridized carbons (Fsp3) is 0.333. The molecule has 4 heterocycles. The second-order valence-corrected chi connectivity index (χ2v) is 12.7. The van der Waals surface area contributed by atoms with E-state index in [9.17, 15) is 10.1 Å². The van der Waals surface area contributed by atoms with E-state index in [0.717, 1.165) is 67.0 Å². The Labute approximate surface area is 267 Å². The third kappa shape index (κ3) is 6.51. The number of pyridine rings is 1. The summed E-state index contributed by atoms with van der Waals surface area (Å²) in [6.45, 7) is 10.1. The number of rotatable bonds is 10. The molecule has 2 aromatic heterocycles. The van der Waals surface area contributed by atoms with Gasteiger partial charge in [-0.25, -0.2) is 0 Å². The van der Waals surface area contributed by atoms with Gasteiger partial charge in [0.25, 0.3) is 5.69 Å². The Morgan fingerprint density at radius 3 is 2.39 bits per heavy atom. The van der Waals surface area contributed by atoms with E-state index in [2.05, 4.69) is 69.9 Å². The fourth-order valence-corrected chi connectivity index (χ4v) is 7.31. The van der Waals surface area contributed by atoms with E-state index in [1.165, 1.54) is 29.1 Å². The molecule has 0 aliphatic carbocycles. The molecule has 2 atom stereocenters. The molecular formula is C33H36N6O3S2. The Hall–Kier alpha value is -3.77. The van der Waals surface area contributed by atoms with Gasteiger partial charge in [0.2, 0.25) is 0 Å². The molecule has 6 rings (SSSR count). The number of aromatic nitrogens is 2. The number of hydrogen-bond donors (Lipinski definition) is 1. The fourth-order valence-electron chi connectivity index (χ4n) is 6.14. The van der Waals surface area contributed by atoms with E-state index < -0.39 is 0 Å². The first-order chi connectivity index (χ1) is 21.4. The van der Waals surface area contributed by atoms with Crippen molar-refractivity contribution < 1.29 is 9.66 Å². The van der Waals surface area contributed by atoms with Gasteiger partial charge in [0.05, 0.1) is 35.9 Å². The Bertz CT molecular complexity index is 1610. The molecule has 0 radical (unpaired) electrons. The average molecular weight is 629 g/mol. The quantitative estimate of drug-likeness (QED) is 0.121. The minimum atomic E-state index is -0.381. The van der Waals surface area contributed by atoms with Gasteiger partial charge in [0.1, 0.15) is 0 Å². The lowest BCUT2D eigenvalue weighted by atomic mass is 9.96. The van der Waals surface area contributed by atoms with Crippen LogP contribution in [0, 0.1) is 24.0 Å². The number of nitrogens with zero attached hydrogens (tertiary/aromatic N) is 5. The molecule has 2 aliphatic rings. The van der Waals surface area contributed by atoms with Crippen LogP contribution in [0.1, 0.15) is 41.1 Å². The first-order valence-corrected chi connectivity index (χ1v) is 16.1. The molecule has 9 nitrogen and oxygen atoms in total. The van der Waals surface area contributed by atoms with Crippen LogP contribution in [0.25, 0.3) is 0 Å². The third-order valence-electron chi connectivity index (χ3n) is 8.39. The predicted molar refractivity (Wildman–Crippen MR) is 177 cm³/mol. The van der Waals surface area contributed by atoms with Crippen LogP contribution in [0.5, 0.6) is 0 Å². The molecule has 2 aliphatic heterocycles. The van der Waals surface area contributed by atoms with Crippen molar-refractivity contribution in [3.8, 4) is 0 Å². The molecule has 2 saturated heterocycles. The van der Waals surface area contributed by atoms with Gasteiger partial charge in [-0.2, -0.15) is 0 Å². The lowest BCUT2D eigenvalue weighted by Gasteiger charge is -2.28. The minimum Gasteiger partial charge on any atom is -0.379 e. The normalized spacial score (nSPS) is 18.9. The molecule has 0 spiro atoms. The SMILES string of the molecule is Cc1cc([C@H]2[C@@H](c3ccccn3)NC(=S)N2c2ccc(Sc3ccc([N+](=O)[O-])cc3)cc2)c(C)n1CCCN1CCOCC1. The van der Waals surface area contributed by atoms with Crippen LogP contribution in [0.2, 0.25) is 0 Å². The summed E-state index contributed by atoms with van der Waals surface area (Å²) >= 11 is 7.54. The number of benzene rings is 2. The topological polar surface area (TPSA) is 88.7 Å². The van der Waals surface area contributed by atoms with E-state index >= 15 is 0 Å². The van der Waals surface area contributed by atoms with Crippen LogP contribution in [0.4, 0.5) is 11.4 Å². The van der Waals surface area contributed by atoms with E-state index in [-0.39, 0.29) is 22.7 Å². The number of nitro groups is 1. The Balaban J connectivity index is 1.26. The zero-order valence-corrected chi connectivity index (χ0v) is 26.5. The van der Waals surface area contributed by atoms with Crippen molar-refractivity contribution in [2.24, 2.45) is 0 Å². The molecule has 2 aromatic carbocycles. The van der Waals surface area contributed by atoms with Crippen molar-refractivity contribution in [3.05, 3.63) is 112 Å². The van der Waals surface area contributed by atoms with Crippen LogP contribution in [0.15, 0.2) is 88.8 Å². The second kappa shape index (κ2) is 13.5. The average Bonchev–Trinajstić information content (AvgIpc) is 3.53. The molecule has 2 fully saturated rings. The largest absolute Gasteiger partial charge is 0.379 e. The van der Waals surface area contributed by atoms with E-state index in [1.807, 2.05) is 18.3 Å². The smallest absolute Gasteiger partial charge is 0.269 e. The van der Waals surface area contributed by atoms with Gasteiger partial charge in [0, 0.05) is 71.4 Å². The predicted octanol–water partition coefficient (Wildman–Crippen LogP) is 6.46. The van der Waals surface area contributed by atoms with Gasteiger partial charge in [-0.3, -0.25) is 20.0 Å². The Morgan fingerprint density at radius 1 is 1.02 bits per heavy atom. The Kier molecular flexibility index (Phi) is 9.27. The van der Waals surface area contributed by atoms with Gasteiger partial charge in [0.15, 0.2) is 5.11 Å². The number of aryl methyl sites for hydroxylation is 1. The van der Waals surface area contributed by atoms with Crippen LogP contribution in [0.3, 0.4) is 0 Å².